The number of carbonyl (C=O) groups excluding carboxylic acids is 1. The van der Waals surface area contributed by atoms with Crippen LogP contribution in [0.25, 0.3) is 0 Å². The van der Waals surface area contributed by atoms with Crippen LogP contribution in [0.5, 0.6) is 0 Å². The van der Waals surface area contributed by atoms with Crippen LogP contribution in [0.15, 0.2) is 12.1 Å². The summed E-state index contributed by atoms with van der Waals surface area (Å²) in [6.45, 7) is 4.21. The average Bonchev–Trinajstić information content (AvgIpc) is 2.28. The minimum atomic E-state index is -2.96. The topological polar surface area (TPSA) is 67.3 Å². The highest BCUT2D eigenvalue weighted by Gasteiger charge is 2.26. The molecule has 18 heavy (non-hydrogen) atoms. The van der Waals surface area contributed by atoms with E-state index in [0.717, 1.165) is 5.69 Å². The van der Waals surface area contributed by atoms with E-state index in [1.165, 1.54) is 0 Å². The fourth-order valence-electron chi connectivity index (χ4n) is 2.00. The Hall–Kier alpha value is -1.43. The lowest BCUT2D eigenvalue weighted by atomic mass is 10.1. The van der Waals surface area contributed by atoms with Gasteiger partial charge in [-0.15, -0.1) is 0 Å². The van der Waals surface area contributed by atoms with Crippen molar-refractivity contribution >= 4 is 15.7 Å². The standard InChI is InChI=1S/C12H16N2O3S/c1-9-3-4-11(10(2)13-9)12(15)14-5-7-18(16,17)8-6-14/h3-4H,5-8H2,1-2H3. The van der Waals surface area contributed by atoms with Gasteiger partial charge < -0.3 is 4.90 Å². The lowest BCUT2D eigenvalue weighted by Crippen LogP contribution is -2.44. The van der Waals surface area contributed by atoms with E-state index >= 15 is 0 Å². The Labute approximate surface area is 107 Å². The van der Waals surface area contributed by atoms with Gasteiger partial charge in [-0.3, -0.25) is 9.78 Å². The molecule has 1 aromatic heterocycles. The van der Waals surface area contributed by atoms with Crippen LogP contribution in [-0.2, 0) is 9.84 Å². The van der Waals surface area contributed by atoms with Crippen LogP contribution in [-0.4, -0.2) is 48.8 Å². The zero-order chi connectivity index (χ0) is 13.3. The van der Waals surface area contributed by atoms with E-state index in [1.807, 2.05) is 6.92 Å². The molecule has 1 aromatic rings. The van der Waals surface area contributed by atoms with Crippen LogP contribution in [0.1, 0.15) is 21.7 Å². The van der Waals surface area contributed by atoms with E-state index in [1.54, 1.807) is 24.0 Å². The molecule has 0 aliphatic carbocycles. The van der Waals surface area contributed by atoms with Crippen LogP contribution >= 0.6 is 0 Å². The zero-order valence-electron chi connectivity index (χ0n) is 10.5. The first kappa shape index (κ1) is 13.0. The van der Waals surface area contributed by atoms with Crippen molar-refractivity contribution in [3.63, 3.8) is 0 Å². The van der Waals surface area contributed by atoms with Gasteiger partial charge in [0.25, 0.3) is 5.91 Å². The summed E-state index contributed by atoms with van der Waals surface area (Å²) in [6, 6.07) is 3.55. The molecule has 0 bridgehead atoms. The van der Waals surface area contributed by atoms with Crippen LogP contribution in [0.3, 0.4) is 0 Å². The van der Waals surface area contributed by atoms with Crippen LogP contribution in [0, 0.1) is 13.8 Å². The Balaban J connectivity index is 2.17. The van der Waals surface area contributed by atoms with Gasteiger partial charge in [0, 0.05) is 18.8 Å². The van der Waals surface area contributed by atoms with E-state index in [-0.39, 0.29) is 30.5 Å². The van der Waals surface area contributed by atoms with Crippen molar-refractivity contribution in [1.82, 2.24) is 9.88 Å². The molecular weight excluding hydrogens is 252 g/mol. The fraction of sp³-hybridized carbons (Fsp3) is 0.500. The van der Waals surface area contributed by atoms with Gasteiger partial charge in [-0.1, -0.05) is 0 Å². The Morgan fingerprint density at radius 1 is 1.22 bits per heavy atom. The van der Waals surface area contributed by atoms with Gasteiger partial charge in [0.15, 0.2) is 9.84 Å². The predicted octanol–water partition coefficient (Wildman–Crippen LogP) is 0.569. The Morgan fingerprint density at radius 3 is 2.39 bits per heavy atom. The number of aromatic nitrogens is 1. The van der Waals surface area contributed by atoms with Crippen LogP contribution < -0.4 is 0 Å². The van der Waals surface area contributed by atoms with E-state index in [2.05, 4.69) is 4.98 Å². The van der Waals surface area contributed by atoms with Crippen molar-refractivity contribution in [3.8, 4) is 0 Å². The van der Waals surface area contributed by atoms with Crippen LogP contribution in [0.2, 0.25) is 0 Å². The molecule has 0 unspecified atom stereocenters. The maximum Gasteiger partial charge on any atom is 0.255 e. The van der Waals surface area contributed by atoms with Gasteiger partial charge in [0.2, 0.25) is 0 Å². The van der Waals surface area contributed by atoms with Gasteiger partial charge in [0.1, 0.15) is 0 Å². The molecule has 1 saturated heterocycles. The molecule has 5 nitrogen and oxygen atoms in total. The number of pyridine rings is 1. The van der Waals surface area contributed by atoms with Crippen LogP contribution in [0.4, 0.5) is 0 Å². The monoisotopic (exact) mass is 268 g/mol. The first-order valence-corrected chi connectivity index (χ1v) is 7.65. The predicted molar refractivity (Wildman–Crippen MR) is 68.3 cm³/mol. The molecular formula is C12H16N2O3S. The maximum atomic E-state index is 12.2. The summed E-state index contributed by atoms with van der Waals surface area (Å²) in [7, 11) is -2.96. The number of sulfone groups is 1. The van der Waals surface area contributed by atoms with Crippen molar-refractivity contribution in [3.05, 3.63) is 29.1 Å². The molecule has 1 aliphatic heterocycles. The van der Waals surface area contributed by atoms with Crippen molar-refractivity contribution in [2.24, 2.45) is 0 Å². The minimum absolute atomic E-state index is 0.0527. The molecule has 0 spiro atoms. The Morgan fingerprint density at radius 2 is 1.83 bits per heavy atom. The average molecular weight is 268 g/mol. The van der Waals surface area contributed by atoms with Gasteiger partial charge >= 0.3 is 0 Å². The third kappa shape index (κ3) is 2.69. The lowest BCUT2D eigenvalue weighted by Gasteiger charge is -2.27. The second kappa shape index (κ2) is 4.68. The number of amides is 1. The van der Waals surface area contributed by atoms with Crippen molar-refractivity contribution in [1.29, 1.82) is 0 Å². The highest BCUT2D eigenvalue weighted by Crippen LogP contribution is 2.13. The SMILES string of the molecule is Cc1ccc(C(=O)N2CCS(=O)(=O)CC2)c(C)n1. The van der Waals surface area contributed by atoms with E-state index in [9.17, 15) is 13.2 Å². The second-order valence-electron chi connectivity index (χ2n) is 4.53. The number of hydrogen-bond acceptors (Lipinski definition) is 4. The highest BCUT2D eigenvalue weighted by atomic mass is 32.2. The molecule has 1 aliphatic rings. The summed E-state index contributed by atoms with van der Waals surface area (Å²) >= 11 is 0. The molecule has 0 saturated carbocycles. The number of aryl methyl sites for hydroxylation is 2. The molecule has 98 valence electrons. The van der Waals surface area contributed by atoms with Gasteiger partial charge in [-0.05, 0) is 26.0 Å². The summed E-state index contributed by atoms with van der Waals surface area (Å²) in [5.74, 6) is -0.0244. The number of nitrogens with zero attached hydrogens (tertiary/aromatic N) is 2. The summed E-state index contributed by atoms with van der Waals surface area (Å²) in [4.78, 5) is 18.1. The van der Waals surface area contributed by atoms with Crippen molar-refractivity contribution in [2.75, 3.05) is 24.6 Å². The summed E-state index contributed by atoms with van der Waals surface area (Å²) in [6.07, 6.45) is 0. The third-order valence-corrected chi connectivity index (χ3v) is 4.70. The number of carbonyl (C=O) groups is 1. The van der Waals surface area contributed by atoms with Crippen molar-refractivity contribution in [2.45, 2.75) is 13.8 Å². The molecule has 0 N–H and O–H groups in total. The van der Waals surface area contributed by atoms with E-state index < -0.39 is 9.84 Å². The number of hydrogen-bond donors (Lipinski definition) is 0. The smallest absolute Gasteiger partial charge is 0.255 e. The highest BCUT2D eigenvalue weighted by molar-refractivity contribution is 7.91. The first-order chi connectivity index (χ1) is 8.39. The summed E-state index contributed by atoms with van der Waals surface area (Å²) in [5.41, 5.74) is 2.11. The molecule has 1 fully saturated rings. The zero-order valence-corrected chi connectivity index (χ0v) is 11.3. The quantitative estimate of drug-likeness (QED) is 0.747. The summed E-state index contributed by atoms with van der Waals surface area (Å²) in [5, 5.41) is 0. The van der Waals surface area contributed by atoms with E-state index in [4.69, 9.17) is 0 Å². The normalized spacial score (nSPS) is 18.7. The van der Waals surface area contributed by atoms with Gasteiger partial charge in [0.05, 0.1) is 22.8 Å². The lowest BCUT2D eigenvalue weighted by molar-refractivity contribution is 0.0769. The van der Waals surface area contributed by atoms with Gasteiger partial charge in [-0.2, -0.15) is 0 Å². The van der Waals surface area contributed by atoms with Gasteiger partial charge in [-0.25, -0.2) is 8.42 Å². The minimum Gasteiger partial charge on any atom is -0.337 e. The molecule has 2 heterocycles. The summed E-state index contributed by atoms with van der Waals surface area (Å²) < 4.78 is 22.6. The second-order valence-corrected chi connectivity index (χ2v) is 6.83. The molecule has 0 aromatic carbocycles. The molecule has 0 atom stereocenters. The molecule has 0 radical (unpaired) electrons. The first-order valence-electron chi connectivity index (χ1n) is 5.83. The van der Waals surface area contributed by atoms with E-state index in [0.29, 0.717) is 11.3 Å². The largest absolute Gasteiger partial charge is 0.337 e. The molecule has 1 amide bonds. The Bertz CT molecular complexity index is 567. The molecule has 2 rings (SSSR count). The Kier molecular flexibility index (Phi) is 3.38. The number of rotatable bonds is 1. The third-order valence-electron chi connectivity index (χ3n) is 3.09. The molecule has 6 heteroatoms. The van der Waals surface area contributed by atoms with Crippen molar-refractivity contribution < 1.29 is 13.2 Å². The maximum absolute atomic E-state index is 12.2. The fourth-order valence-corrected chi connectivity index (χ4v) is 3.20.